The van der Waals surface area contributed by atoms with E-state index in [0.717, 1.165) is 16.8 Å². The molecular formula is C19H16N4O2S. The lowest BCUT2D eigenvalue weighted by atomic mass is 10.1. The summed E-state index contributed by atoms with van der Waals surface area (Å²) in [5, 5.41) is 22.0. The number of para-hydroxylation sites is 1. The van der Waals surface area contributed by atoms with E-state index in [2.05, 4.69) is 27.1 Å². The highest BCUT2D eigenvalue weighted by molar-refractivity contribution is 7.99. The Balaban J connectivity index is 1.79. The molecule has 0 unspecified atom stereocenters. The molecule has 0 amide bonds. The summed E-state index contributed by atoms with van der Waals surface area (Å²) in [6, 6.07) is 14.7. The van der Waals surface area contributed by atoms with Crippen LogP contribution in [0.5, 0.6) is 11.6 Å². The highest BCUT2D eigenvalue weighted by atomic mass is 32.2. The second kappa shape index (κ2) is 7.05. The normalized spacial score (nSPS) is 15.0. The van der Waals surface area contributed by atoms with Crippen molar-refractivity contribution in [2.24, 2.45) is 0 Å². The van der Waals surface area contributed by atoms with Crippen molar-refractivity contribution < 1.29 is 9.84 Å². The van der Waals surface area contributed by atoms with Crippen molar-refractivity contribution in [1.29, 1.82) is 0 Å². The molecule has 130 valence electrons. The number of phenols is 1. The van der Waals surface area contributed by atoms with Crippen molar-refractivity contribution in [3.05, 3.63) is 66.7 Å². The smallest absolute Gasteiger partial charge is 0.247 e. The molecule has 0 saturated heterocycles. The average molecular weight is 364 g/mol. The largest absolute Gasteiger partial charge is 0.508 e. The summed E-state index contributed by atoms with van der Waals surface area (Å²) in [4.78, 5) is 4.53. The summed E-state index contributed by atoms with van der Waals surface area (Å²) in [7, 11) is 0. The molecule has 3 aromatic rings. The van der Waals surface area contributed by atoms with E-state index >= 15 is 0 Å². The summed E-state index contributed by atoms with van der Waals surface area (Å²) >= 11 is 1.44. The molecule has 26 heavy (non-hydrogen) atoms. The summed E-state index contributed by atoms with van der Waals surface area (Å²) in [5.41, 5.74) is 3.22. The number of benzene rings is 2. The van der Waals surface area contributed by atoms with Crippen LogP contribution in [-0.2, 0) is 0 Å². The summed E-state index contributed by atoms with van der Waals surface area (Å²) in [6.45, 7) is 3.71. The third-order valence-electron chi connectivity index (χ3n) is 3.86. The van der Waals surface area contributed by atoms with Gasteiger partial charge in [-0.05, 0) is 30.3 Å². The Hall–Kier alpha value is -3.06. The second-order valence-corrected chi connectivity index (χ2v) is 6.61. The Morgan fingerprint density at radius 1 is 1.15 bits per heavy atom. The molecule has 0 fully saturated rings. The number of aromatic hydroxyl groups is 1. The Morgan fingerprint density at radius 2 is 1.96 bits per heavy atom. The Bertz CT molecular complexity index is 947. The van der Waals surface area contributed by atoms with E-state index in [1.165, 1.54) is 11.8 Å². The van der Waals surface area contributed by atoms with Gasteiger partial charge in [0.25, 0.3) is 0 Å². The van der Waals surface area contributed by atoms with Gasteiger partial charge in [-0.2, -0.15) is 4.98 Å². The van der Waals surface area contributed by atoms with Crippen molar-refractivity contribution in [3.63, 3.8) is 0 Å². The zero-order valence-electron chi connectivity index (χ0n) is 13.8. The summed E-state index contributed by atoms with van der Waals surface area (Å²) in [6.07, 6.45) is 1.32. The molecule has 0 spiro atoms. The number of rotatable bonds is 4. The van der Waals surface area contributed by atoms with Crippen LogP contribution in [0, 0.1) is 0 Å². The Morgan fingerprint density at radius 3 is 2.77 bits per heavy atom. The first-order chi connectivity index (χ1) is 12.7. The second-order valence-electron chi connectivity index (χ2n) is 5.63. The van der Waals surface area contributed by atoms with Crippen LogP contribution in [0.25, 0.3) is 11.3 Å². The minimum atomic E-state index is -0.466. The number of ether oxygens (including phenoxy) is 1. The standard InChI is InChI=1S/C19H16N4O2S/c1-2-11-26-19-21-18-16(22-23-19)14-5-3-4-6-15(14)20-17(25-18)12-7-9-13(24)10-8-12/h2-10,17,20,24H,1,11H2/t17-/m0/s1. The number of hydrogen-bond donors (Lipinski definition) is 2. The number of fused-ring (bicyclic) bond motifs is 3. The van der Waals surface area contributed by atoms with Crippen molar-refractivity contribution >= 4 is 17.4 Å². The van der Waals surface area contributed by atoms with Crippen LogP contribution in [0.15, 0.2) is 66.3 Å². The highest BCUT2D eigenvalue weighted by Gasteiger charge is 2.25. The summed E-state index contributed by atoms with van der Waals surface area (Å²) < 4.78 is 6.14. The molecule has 2 heterocycles. The first-order valence-electron chi connectivity index (χ1n) is 8.04. The number of aromatic nitrogens is 3. The lowest BCUT2D eigenvalue weighted by Gasteiger charge is -2.19. The molecule has 1 aromatic heterocycles. The van der Waals surface area contributed by atoms with E-state index < -0.39 is 6.23 Å². The van der Waals surface area contributed by atoms with E-state index in [1.54, 1.807) is 18.2 Å². The van der Waals surface area contributed by atoms with Gasteiger partial charge in [-0.25, -0.2) is 0 Å². The monoisotopic (exact) mass is 364 g/mol. The van der Waals surface area contributed by atoms with Gasteiger partial charge in [0.15, 0.2) is 11.9 Å². The third kappa shape index (κ3) is 3.21. The Kier molecular flexibility index (Phi) is 4.45. The minimum absolute atomic E-state index is 0.204. The molecule has 0 aliphatic carbocycles. The van der Waals surface area contributed by atoms with Crippen LogP contribution in [0.2, 0.25) is 0 Å². The maximum Gasteiger partial charge on any atom is 0.247 e. The number of thioether (sulfide) groups is 1. The third-order valence-corrected chi connectivity index (χ3v) is 4.69. The molecule has 6 nitrogen and oxygen atoms in total. The first kappa shape index (κ1) is 16.4. The van der Waals surface area contributed by atoms with Crippen LogP contribution in [-0.4, -0.2) is 26.0 Å². The van der Waals surface area contributed by atoms with Gasteiger partial charge in [0.1, 0.15) is 5.75 Å². The molecule has 2 N–H and O–H groups in total. The predicted octanol–water partition coefficient (Wildman–Crippen LogP) is 4.03. The van der Waals surface area contributed by atoms with E-state index in [-0.39, 0.29) is 5.75 Å². The maximum absolute atomic E-state index is 9.54. The number of anilines is 1. The van der Waals surface area contributed by atoms with Crippen molar-refractivity contribution in [3.8, 4) is 22.9 Å². The average Bonchev–Trinajstić information content (AvgIpc) is 2.83. The quantitative estimate of drug-likeness (QED) is 0.534. The molecular weight excluding hydrogens is 348 g/mol. The van der Waals surface area contributed by atoms with Crippen molar-refractivity contribution in [2.45, 2.75) is 11.4 Å². The van der Waals surface area contributed by atoms with Gasteiger partial charge in [-0.15, -0.1) is 16.8 Å². The highest BCUT2D eigenvalue weighted by Crippen LogP contribution is 2.39. The minimum Gasteiger partial charge on any atom is -0.508 e. The van der Waals surface area contributed by atoms with Gasteiger partial charge >= 0.3 is 0 Å². The van der Waals surface area contributed by atoms with Gasteiger partial charge < -0.3 is 15.2 Å². The zero-order valence-corrected chi connectivity index (χ0v) is 14.6. The van der Waals surface area contributed by atoms with Crippen molar-refractivity contribution in [1.82, 2.24) is 15.2 Å². The van der Waals surface area contributed by atoms with E-state index in [9.17, 15) is 5.11 Å². The van der Waals surface area contributed by atoms with Crippen LogP contribution < -0.4 is 10.1 Å². The fraction of sp³-hybridized carbons (Fsp3) is 0.105. The number of hydrogen-bond acceptors (Lipinski definition) is 7. The molecule has 0 saturated carbocycles. The van der Waals surface area contributed by atoms with Crippen LogP contribution >= 0.6 is 11.8 Å². The van der Waals surface area contributed by atoms with Gasteiger partial charge in [0, 0.05) is 22.6 Å². The summed E-state index contributed by atoms with van der Waals surface area (Å²) in [5.74, 6) is 1.31. The molecule has 1 aliphatic heterocycles. The molecule has 7 heteroatoms. The maximum atomic E-state index is 9.54. The fourth-order valence-electron chi connectivity index (χ4n) is 2.64. The van der Waals surface area contributed by atoms with Crippen molar-refractivity contribution in [2.75, 3.05) is 11.1 Å². The molecule has 4 rings (SSSR count). The lowest BCUT2D eigenvalue weighted by molar-refractivity contribution is 0.225. The fourth-order valence-corrected chi connectivity index (χ4v) is 3.15. The first-order valence-corrected chi connectivity index (χ1v) is 9.03. The molecule has 1 atom stereocenters. The SMILES string of the molecule is C=CCSc1nnc2c(n1)O[C@@H](c1ccc(O)cc1)Nc1ccccc1-2. The van der Waals surface area contributed by atoms with Gasteiger partial charge in [0.2, 0.25) is 11.0 Å². The Labute approximate surface area is 155 Å². The molecule has 2 aromatic carbocycles. The predicted molar refractivity (Wildman–Crippen MR) is 101 cm³/mol. The zero-order chi connectivity index (χ0) is 17.9. The topological polar surface area (TPSA) is 80.2 Å². The molecule has 0 radical (unpaired) electrons. The van der Waals surface area contributed by atoms with Gasteiger partial charge in [-0.3, -0.25) is 0 Å². The van der Waals surface area contributed by atoms with E-state index in [0.29, 0.717) is 22.5 Å². The lowest BCUT2D eigenvalue weighted by Crippen LogP contribution is -2.17. The van der Waals surface area contributed by atoms with Crippen LogP contribution in [0.3, 0.4) is 0 Å². The van der Waals surface area contributed by atoms with E-state index in [4.69, 9.17) is 4.74 Å². The molecule has 1 aliphatic rings. The van der Waals surface area contributed by atoms with Gasteiger partial charge in [0.05, 0.1) is 0 Å². The van der Waals surface area contributed by atoms with Gasteiger partial charge in [-0.1, -0.05) is 36.0 Å². The number of nitrogens with one attached hydrogen (secondary N) is 1. The van der Waals surface area contributed by atoms with Crippen LogP contribution in [0.1, 0.15) is 11.8 Å². The number of nitrogens with zero attached hydrogens (tertiary/aromatic N) is 3. The number of phenolic OH excluding ortho intramolecular Hbond substituents is 1. The van der Waals surface area contributed by atoms with E-state index in [1.807, 2.05) is 36.4 Å². The molecule has 0 bridgehead atoms. The van der Waals surface area contributed by atoms with Crippen LogP contribution in [0.4, 0.5) is 5.69 Å².